The molecule has 8 heteroatoms. The Balaban J connectivity index is 1.32. The molecule has 256 valence electrons. The zero-order chi connectivity index (χ0) is 34.3. The summed E-state index contributed by atoms with van der Waals surface area (Å²) in [4.78, 5) is 14.3. The average molecular weight is 671 g/mol. The standard InChI is InChI=1S/C40H50N2O5S/c1-6-30-26-42-27-39(3,4)48(45,46)41(5)35-24-32(23-34(30)38(35)42)37(44)25-31(22-29-12-8-7-9-13-29)36(43)15-16-40(17-19-47-20-18-40)33-14-10-11-28(2)21-33/h7-14,21,23-24,26,31,36,43H,6,15-20,22,25,27H2,1-5H3/t31-,36-/m1/s1. The number of nitrogens with zero attached hydrogens (tertiary/aromatic N) is 2. The van der Waals surface area contributed by atoms with Crippen molar-refractivity contribution in [1.82, 2.24) is 4.57 Å². The highest BCUT2D eigenvalue weighted by molar-refractivity contribution is 7.94. The number of aromatic nitrogens is 1. The van der Waals surface area contributed by atoms with Crippen LogP contribution in [0.1, 0.15) is 85.5 Å². The summed E-state index contributed by atoms with van der Waals surface area (Å²) < 4.78 is 35.6. The van der Waals surface area contributed by atoms with Crippen molar-refractivity contribution in [3.05, 3.63) is 101 Å². The molecule has 0 saturated carbocycles. The summed E-state index contributed by atoms with van der Waals surface area (Å²) >= 11 is 0. The van der Waals surface area contributed by atoms with Crippen molar-refractivity contribution in [2.24, 2.45) is 5.92 Å². The molecule has 1 N–H and O–H groups in total. The van der Waals surface area contributed by atoms with E-state index in [0.29, 0.717) is 43.9 Å². The van der Waals surface area contributed by atoms with Gasteiger partial charge in [-0.2, -0.15) is 0 Å². The summed E-state index contributed by atoms with van der Waals surface area (Å²) in [5.74, 6) is -0.392. The quantitative estimate of drug-likeness (QED) is 0.168. The average Bonchev–Trinajstić information content (AvgIpc) is 3.41. The molecule has 1 aromatic heterocycles. The second kappa shape index (κ2) is 13.4. The van der Waals surface area contributed by atoms with E-state index in [-0.39, 0.29) is 23.5 Å². The molecule has 1 saturated heterocycles. The molecule has 0 aliphatic carbocycles. The zero-order valence-corrected chi connectivity index (χ0v) is 29.9. The summed E-state index contributed by atoms with van der Waals surface area (Å²) in [6.45, 7) is 9.44. The highest BCUT2D eigenvalue weighted by atomic mass is 32.2. The van der Waals surface area contributed by atoms with E-state index in [4.69, 9.17) is 4.74 Å². The van der Waals surface area contributed by atoms with Crippen LogP contribution in [0.3, 0.4) is 0 Å². The van der Waals surface area contributed by atoms with Gasteiger partial charge in [-0.3, -0.25) is 9.10 Å². The topological polar surface area (TPSA) is 88.8 Å². The van der Waals surface area contributed by atoms with Crippen LogP contribution >= 0.6 is 0 Å². The minimum Gasteiger partial charge on any atom is -0.393 e. The summed E-state index contributed by atoms with van der Waals surface area (Å²) in [7, 11) is -2.10. The van der Waals surface area contributed by atoms with Crippen LogP contribution in [-0.2, 0) is 39.6 Å². The smallest absolute Gasteiger partial charge is 0.241 e. The van der Waals surface area contributed by atoms with Crippen LogP contribution in [-0.4, -0.2) is 55.0 Å². The van der Waals surface area contributed by atoms with Gasteiger partial charge in [0.15, 0.2) is 5.78 Å². The Labute approximate surface area is 286 Å². The van der Waals surface area contributed by atoms with E-state index in [1.54, 1.807) is 27.0 Å². The van der Waals surface area contributed by atoms with Crippen LogP contribution in [0.25, 0.3) is 10.9 Å². The van der Waals surface area contributed by atoms with Gasteiger partial charge < -0.3 is 14.4 Å². The van der Waals surface area contributed by atoms with Gasteiger partial charge in [-0.1, -0.05) is 67.1 Å². The summed E-state index contributed by atoms with van der Waals surface area (Å²) in [6.07, 6.45) is 6.03. The lowest BCUT2D eigenvalue weighted by atomic mass is 9.69. The molecule has 0 amide bonds. The number of aliphatic hydroxyl groups excluding tert-OH is 1. The Hall–Kier alpha value is -3.46. The van der Waals surface area contributed by atoms with Crippen molar-refractivity contribution in [3.8, 4) is 0 Å². The number of aryl methyl sites for hydroxylation is 2. The SMILES string of the molecule is CCc1cn2c3c(cc(C(=O)C[C@@H](Cc4ccccc4)[C@H](O)CCC4(c5cccc(C)c5)CCOCC4)cc13)N(C)S(=O)(=O)C(C)(C)C2. The fourth-order valence-electron chi connectivity index (χ4n) is 7.98. The molecule has 2 atom stereocenters. The lowest BCUT2D eigenvalue weighted by Gasteiger charge is -2.39. The normalized spacial score (nSPS) is 19.5. The van der Waals surface area contributed by atoms with Gasteiger partial charge in [0.2, 0.25) is 10.0 Å². The molecule has 0 bridgehead atoms. The van der Waals surface area contributed by atoms with Crippen molar-refractivity contribution in [2.75, 3.05) is 24.6 Å². The highest BCUT2D eigenvalue weighted by Gasteiger charge is 2.42. The van der Waals surface area contributed by atoms with Gasteiger partial charge in [-0.05, 0) is 99.5 Å². The number of carbonyl (C=O) groups excluding carboxylic acids is 1. The number of benzene rings is 3. The largest absolute Gasteiger partial charge is 0.393 e. The molecule has 1 fully saturated rings. The number of Topliss-reactive ketones (excluding diaryl/α,β-unsaturated/α-hetero) is 1. The Kier molecular flexibility index (Phi) is 9.64. The predicted molar refractivity (Wildman–Crippen MR) is 193 cm³/mol. The van der Waals surface area contributed by atoms with E-state index in [9.17, 15) is 18.3 Å². The molecule has 48 heavy (non-hydrogen) atoms. The van der Waals surface area contributed by atoms with Crippen LogP contribution in [0.4, 0.5) is 5.69 Å². The van der Waals surface area contributed by atoms with Crippen molar-refractivity contribution >= 4 is 32.4 Å². The lowest BCUT2D eigenvalue weighted by Crippen LogP contribution is -2.44. The molecule has 2 aliphatic rings. The van der Waals surface area contributed by atoms with Crippen LogP contribution in [0.2, 0.25) is 0 Å². The third-order valence-corrected chi connectivity index (χ3v) is 13.5. The first-order chi connectivity index (χ1) is 22.8. The number of rotatable bonds is 11. The monoisotopic (exact) mass is 670 g/mol. The number of ether oxygens (including phenoxy) is 1. The van der Waals surface area contributed by atoms with Crippen LogP contribution in [0.5, 0.6) is 0 Å². The molecule has 3 aromatic carbocycles. The van der Waals surface area contributed by atoms with Gasteiger partial charge in [0.25, 0.3) is 0 Å². The minimum atomic E-state index is -3.70. The number of hydrogen-bond acceptors (Lipinski definition) is 5. The third kappa shape index (κ3) is 6.47. The van der Waals surface area contributed by atoms with Gasteiger partial charge >= 0.3 is 0 Å². The predicted octanol–water partition coefficient (Wildman–Crippen LogP) is 7.39. The maximum Gasteiger partial charge on any atom is 0.241 e. The summed E-state index contributed by atoms with van der Waals surface area (Å²) in [5, 5.41) is 12.8. The Morgan fingerprint density at radius 2 is 1.75 bits per heavy atom. The number of hydrogen-bond donors (Lipinski definition) is 1. The molecule has 6 rings (SSSR count). The Morgan fingerprint density at radius 1 is 1.02 bits per heavy atom. The second-order valence-corrected chi connectivity index (χ2v) is 17.3. The van der Waals surface area contributed by atoms with Crippen LogP contribution < -0.4 is 4.31 Å². The zero-order valence-electron chi connectivity index (χ0n) is 29.0. The lowest BCUT2D eigenvalue weighted by molar-refractivity contribution is 0.0314. The van der Waals surface area contributed by atoms with Gasteiger partial charge in [-0.25, -0.2) is 8.42 Å². The molecule has 4 aromatic rings. The maximum atomic E-state index is 14.3. The van der Waals surface area contributed by atoms with E-state index in [0.717, 1.165) is 47.7 Å². The fourth-order valence-corrected chi connectivity index (χ4v) is 9.43. The van der Waals surface area contributed by atoms with E-state index in [2.05, 4.69) is 38.1 Å². The Morgan fingerprint density at radius 3 is 2.44 bits per heavy atom. The second-order valence-electron chi connectivity index (χ2n) is 14.7. The van der Waals surface area contributed by atoms with Gasteiger partial charge in [-0.15, -0.1) is 0 Å². The van der Waals surface area contributed by atoms with Crippen LogP contribution in [0, 0.1) is 12.8 Å². The van der Waals surface area contributed by atoms with E-state index < -0.39 is 20.9 Å². The first kappa shape index (κ1) is 34.4. The molecular formula is C40H50N2O5S. The van der Waals surface area contributed by atoms with Gasteiger partial charge in [0.05, 0.1) is 17.3 Å². The Bertz CT molecular complexity index is 1890. The third-order valence-electron chi connectivity index (χ3n) is 11.0. The van der Waals surface area contributed by atoms with Crippen LogP contribution in [0.15, 0.2) is 72.9 Å². The molecule has 3 heterocycles. The number of ketones is 1. The highest BCUT2D eigenvalue weighted by Crippen LogP contribution is 2.42. The molecule has 0 unspecified atom stereocenters. The van der Waals surface area contributed by atoms with E-state index in [1.165, 1.54) is 15.4 Å². The van der Waals surface area contributed by atoms with Crippen molar-refractivity contribution in [3.63, 3.8) is 0 Å². The van der Waals surface area contributed by atoms with Crippen molar-refractivity contribution in [2.45, 2.75) is 95.5 Å². The summed E-state index contributed by atoms with van der Waals surface area (Å²) in [5.41, 5.74) is 6.47. The molecular weight excluding hydrogens is 621 g/mol. The molecule has 7 nitrogen and oxygen atoms in total. The van der Waals surface area contributed by atoms with Crippen molar-refractivity contribution in [1.29, 1.82) is 0 Å². The van der Waals surface area contributed by atoms with Crippen molar-refractivity contribution < 1.29 is 23.1 Å². The maximum absolute atomic E-state index is 14.3. The first-order valence-electron chi connectivity index (χ1n) is 17.4. The molecule has 2 aliphatic heterocycles. The number of aliphatic hydroxyl groups is 1. The summed E-state index contributed by atoms with van der Waals surface area (Å²) in [6, 6.07) is 22.5. The van der Waals surface area contributed by atoms with E-state index in [1.807, 2.05) is 47.2 Å². The fraction of sp³-hybridized carbons (Fsp3) is 0.475. The molecule has 0 radical (unpaired) electrons. The number of anilines is 1. The number of sulfonamides is 1. The minimum absolute atomic E-state index is 0.0771. The first-order valence-corrected chi connectivity index (χ1v) is 18.8. The number of carbonyl (C=O) groups is 1. The van der Waals surface area contributed by atoms with E-state index >= 15 is 0 Å². The molecule has 0 spiro atoms. The van der Waals surface area contributed by atoms with Gasteiger partial charge in [0.1, 0.15) is 4.75 Å². The van der Waals surface area contributed by atoms with Gasteiger partial charge in [0, 0.05) is 50.4 Å².